The van der Waals surface area contributed by atoms with Gasteiger partial charge in [0.2, 0.25) is 5.95 Å². The molecule has 2 aliphatic heterocycles. The van der Waals surface area contributed by atoms with E-state index >= 15 is 0 Å². The van der Waals surface area contributed by atoms with E-state index in [-0.39, 0.29) is 12.6 Å². The molecular weight excluding hydrogens is 331 g/mol. The lowest BCUT2D eigenvalue weighted by Gasteiger charge is -2.43. The first-order valence-electron chi connectivity index (χ1n) is 7.59. The maximum Gasteiger partial charge on any atom is 0.433 e. The number of ether oxygens (including phenoxy) is 2. The number of nitrogens with one attached hydrogen (secondary N) is 1. The Kier molecular flexibility index (Phi) is 4.41. The summed E-state index contributed by atoms with van der Waals surface area (Å²) in [7, 11) is 0. The molecule has 3 heterocycles. The van der Waals surface area contributed by atoms with Gasteiger partial charge < -0.3 is 25.0 Å². The zero-order valence-corrected chi connectivity index (χ0v) is 12.8. The normalized spacial score (nSPS) is 35.9. The van der Waals surface area contributed by atoms with Gasteiger partial charge in [0.1, 0.15) is 29.5 Å². The molecule has 7 nitrogen and oxygen atoms in total. The highest BCUT2D eigenvalue weighted by atomic mass is 19.4. The van der Waals surface area contributed by atoms with Gasteiger partial charge in [-0.3, -0.25) is 0 Å². The monoisotopic (exact) mass is 349 g/mol. The molecule has 2 bridgehead atoms. The fraction of sp³-hybridized carbons (Fsp3) is 0.714. The summed E-state index contributed by atoms with van der Waals surface area (Å²) in [5.41, 5.74) is -2.11. The minimum Gasteiger partial charge on any atom is -0.388 e. The number of aliphatic hydroxyl groups is 2. The zero-order chi connectivity index (χ0) is 17.5. The summed E-state index contributed by atoms with van der Waals surface area (Å²) in [6.07, 6.45) is -5.88. The Morgan fingerprint density at radius 3 is 2.83 bits per heavy atom. The van der Waals surface area contributed by atoms with Crippen molar-refractivity contribution in [3.63, 3.8) is 0 Å². The minimum absolute atomic E-state index is 0.103. The lowest BCUT2D eigenvalue weighted by Crippen LogP contribution is -2.62. The first kappa shape index (κ1) is 17.3. The van der Waals surface area contributed by atoms with Gasteiger partial charge in [0.25, 0.3) is 0 Å². The first-order chi connectivity index (χ1) is 11.3. The van der Waals surface area contributed by atoms with Gasteiger partial charge in [-0.1, -0.05) is 13.3 Å². The van der Waals surface area contributed by atoms with Crippen molar-refractivity contribution in [2.75, 3.05) is 11.9 Å². The van der Waals surface area contributed by atoms with Crippen LogP contribution in [0, 0.1) is 0 Å². The summed E-state index contributed by atoms with van der Waals surface area (Å²) >= 11 is 0. The molecule has 2 fully saturated rings. The molecule has 3 N–H and O–H groups in total. The lowest BCUT2D eigenvalue weighted by atomic mass is 9.84. The molecule has 3 rings (SSSR count). The number of nitrogens with zero attached hydrogens (tertiary/aromatic N) is 2. The summed E-state index contributed by atoms with van der Waals surface area (Å²) < 4.78 is 49.3. The Morgan fingerprint density at radius 1 is 1.42 bits per heavy atom. The van der Waals surface area contributed by atoms with Crippen molar-refractivity contribution in [3.8, 4) is 0 Å². The number of alkyl halides is 3. The van der Waals surface area contributed by atoms with Crippen LogP contribution in [0.5, 0.6) is 0 Å². The molecule has 0 saturated carbocycles. The molecule has 2 saturated heterocycles. The minimum atomic E-state index is -4.61. The maximum absolute atomic E-state index is 12.7. The predicted molar refractivity (Wildman–Crippen MR) is 74.9 cm³/mol. The van der Waals surface area contributed by atoms with E-state index in [1.807, 2.05) is 6.92 Å². The molecule has 0 amide bonds. The van der Waals surface area contributed by atoms with E-state index in [0.29, 0.717) is 12.8 Å². The fourth-order valence-electron chi connectivity index (χ4n) is 3.11. The van der Waals surface area contributed by atoms with Gasteiger partial charge in [0, 0.05) is 6.20 Å². The molecule has 1 aromatic rings. The molecule has 0 aromatic carbocycles. The highest BCUT2D eigenvalue weighted by Crippen LogP contribution is 2.40. The number of anilines is 1. The summed E-state index contributed by atoms with van der Waals surface area (Å²) in [5, 5.41) is 23.3. The third-order valence-corrected chi connectivity index (χ3v) is 4.28. The summed E-state index contributed by atoms with van der Waals surface area (Å²) in [5.74, 6) is -0.330. The van der Waals surface area contributed by atoms with E-state index in [4.69, 9.17) is 9.47 Å². The van der Waals surface area contributed by atoms with Gasteiger partial charge in [-0.05, 0) is 12.5 Å². The van der Waals surface area contributed by atoms with Crippen LogP contribution in [-0.2, 0) is 15.7 Å². The van der Waals surface area contributed by atoms with Gasteiger partial charge in [0.05, 0.1) is 6.61 Å². The van der Waals surface area contributed by atoms with E-state index in [1.54, 1.807) is 0 Å². The van der Waals surface area contributed by atoms with Crippen molar-refractivity contribution in [2.24, 2.45) is 0 Å². The number of rotatable bonds is 4. The van der Waals surface area contributed by atoms with Crippen LogP contribution in [0.3, 0.4) is 0 Å². The van der Waals surface area contributed by atoms with Crippen LogP contribution in [0.25, 0.3) is 0 Å². The molecule has 2 aliphatic rings. The van der Waals surface area contributed by atoms with Crippen LogP contribution >= 0.6 is 0 Å². The average Bonchev–Trinajstić information content (AvgIpc) is 2.92. The molecule has 10 heteroatoms. The van der Waals surface area contributed by atoms with Crippen molar-refractivity contribution in [1.29, 1.82) is 0 Å². The fourth-order valence-corrected chi connectivity index (χ4v) is 3.11. The smallest absolute Gasteiger partial charge is 0.388 e. The average molecular weight is 349 g/mol. The van der Waals surface area contributed by atoms with E-state index in [2.05, 4.69) is 15.3 Å². The summed E-state index contributed by atoms with van der Waals surface area (Å²) in [6, 6.07) is -0.248. The Balaban J connectivity index is 1.79. The standard InChI is InChI=1S/C14H18F3N3O4/c1-2-4-13-6-23-11(24-13)8(9(21)10(13)22)20-12-18-5-3-7(19-12)14(15,16)17/h3,5,8-11,21-22H,2,4,6H2,1H3,(H,18,19,20)/t8-,9-,10-,11+,13+/m1/s1. The second kappa shape index (κ2) is 6.10. The van der Waals surface area contributed by atoms with Gasteiger partial charge in [-0.15, -0.1) is 0 Å². The van der Waals surface area contributed by atoms with Gasteiger partial charge >= 0.3 is 6.18 Å². The molecule has 0 aliphatic carbocycles. The van der Waals surface area contributed by atoms with E-state index in [9.17, 15) is 23.4 Å². The molecule has 5 atom stereocenters. The number of aromatic nitrogens is 2. The molecule has 0 radical (unpaired) electrons. The second-order valence-corrected chi connectivity index (χ2v) is 5.98. The van der Waals surface area contributed by atoms with Crippen LogP contribution in [0.2, 0.25) is 0 Å². The summed E-state index contributed by atoms with van der Waals surface area (Å²) in [6.45, 7) is 2.01. The van der Waals surface area contributed by atoms with Crippen molar-refractivity contribution >= 4 is 5.95 Å². The zero-order valence-electron chi connectivity index (χ0n) is 12.8. The van der Waals surface area contributed by atoms with Crippen molar-refractivity contribution in [2.45, 2.75) is 56.1 Å². The molecule has 0 spiro atoms. The van der Waals surface area contributed by atoms with Crippen LogP contribution in [0.4, 0.5) is 19.1 Å². The van der Waals surface area contributed by atoms with Crippen LogP contribution in [0.15, 0.2) is 12.3 Å². The van der Waals surface area contributed by atoms with E-state index < -0.39 is 42.0 Å². The van der Waals surface area contributed by atoms with Crippen LogP contribution < -0.4 is 5.32 Å². The van der Waals surface area contributed by atoms with Crippen LogP contribution in [0.1, 0.15) is 25.5 Å². The van der Waals surface area contributed by atoms with Crippen molar-refractivity contribution in [3.05, 3.63) is 18.0 Å². The molecule has 1 aromatic heterocycles. The quantitative estimate of drug-likeness (QED) is 0.744. The molecular formula is C14H18F3N3O4. The Morgan fingerprint density at radius 2 is 2.17 bits per heavy atom. The number of aliphatic hydroxyl groups excluding tert-OH is 2. The maximum atomic E-state index is 12.7. The second-order valence-electron chi connectivity index (χ2n) is 5.98. The third-order valence-electron chi connectivity index (χ3n) is 4.28. The number of hydrogen-bond acceptors (Lipinski definition) is 7. The first-order valence-corrected chi connectivity index (χ1v) is 7.59. The Hall–Kier alpha value is -1.49. The summed E-state index contributed by atoms with van der Waals surface area (Å²) in [4.78, 5) is 7.10. The molecule has 24 heavy (non-hydrogen) atoms. The lowest BCUT2D eigenvalue weighted by molar-refractivity contribution is -0.217. The van der Waals surface area contributed by atoms with E-state index in [0.717, 1.165) is 12.3 Å². The van der Waals surface area contributed by atoms with Crippen LogP contribution in [-0.4, -0.2) is 56.9 Å². The highest BCUT2D eigenvalue weighted by Gasteiger charge is 2.58. The van der Waals surface area contributed by atoms with Gasteiger partial charge in [0.15, 0.2) is 6.29 Å². The molecule has 0 unspecified atom stereocenters. The molecule has 134 valence electrons. The van der Waals surface area contributed by atoms with Crippen molar-refractivity contribution < 1.29 is 32.9 Å². The third kappa shape index (κ3) is 2.94. The van der Waals surface area contributed by atoms with Crippen molar-refractivity contribution in [1.82, 2.24) is 9.97 Å². The topological polar surface area (TPSA) is 96.7 Å². The van der Waals surface area contributed by atoms with E-state index in [1.165, 1.54) is 0 Å². The van der Waals surface area contributed by atoms with Gasteiger partial charge in [-0.2, -0.15) is 13.2 Å². The Bertz CT molecular complexity index is 603. The van der Waals surface area contributed by atoms with Gasteiger partial charge in [-0.25, -0.2) is 9.97 Å². The number of halogens is 3. The highest BCUT2D eigenvalue weighted by molar-refractivity contribution is 5.30. The SMILES string of the molecule is CCC[C@@]12CO[C@@H](O1)[C@H](Nc1nccc(C(F)(F)F)n1)[C@@H](O)[C@H]2O. The number of hydrogen-bond donors (Lipinski definition) is 3. The Labute approximate surface area is 135 Å². The number of fused-ring (bicyclic) bond motifs is 2. The predicted octanol–water partition coefficient (Wildman–Crippen LogP) is 0.923. The largest absolute Gasteiger partial charge is 0.433 e.